The van der Waals surface area contributed by atoms with Gasteiger partial charge in [-0.1, -0.05) is 369 Å². The first-order chi connectivity index (χ1) is 47.9. The molecule has 3 N–H and O–H groups in total. The highest BCUT2D eigenvalue weighted by molar-refractivity contribution is 7.47. The fourth-order valence-electron chi connectivity index (χ4n) is 12.3. The molecule has 0 saturated heterocycles. The van der Waals surface area contributed by atoms with E-state index in [0.29, 0.717) is 25.7 Å². The highest BCUT2D eigenvalue weighted by Gasteiger charge is 2.30. The maximum Gasteiger partial charge on any atom is 0.472 e. The second-order valence-corrected chi connectivity index (χ2v) is 32.2. The molecule has 588 valence electrons. The molecule has 19 heteroatoms. The molecule has 0 aliphatic heterocycles. The largest absolute Gasteiger partial charge is 0.472 e. The maximum absolute atomic E-state index is 13.1. The summed E-state index contributed by atoms with van der Waals surface area (Å²) < 4.78 is 68.6. The summed E-state index contributed by atoms with van der Waals surface area (Å²) in [5, 5.41) is 10.6. The van der Waals surface area contributed by atoms with E-state index in [-0.39, 0.29) is 25.7 Å². The van der Waals surface area contributed by atoms with Crippen LogP contribution in [0.1, 0.15) is 420 Å². The molecule has 0 aromatic carbocycles. The third kappa shape index (κ3) is 71.5. The molecule has 0 aromatic heterocycles. The highest BCUT2D eigenvalue weighted by Crippen LogP contribution is 2.45. The van der Waals surface area contributed by atoms with Crippen LogP contribution in [0, 0.1) is 11.8 Å². The van der Waals surface area contributed by atoms with E-state index < -0.39 is 97.5 Å². The van der Waals surface area contributed by atoms with Crippen molar-refractivity contribution >= 4 is 39.5 Å². The second kappa shape index (κ2) is 71.7. The second-order valence-electron chi connectivity index (χ2n) is 29.3. The molecule has 7 atom stereocenters. The Bertz CT molecular complexity index is 1910. The van der Waals surface area contributed by atoms with Gasteiger partial charge in [0.05, 0.1) is 26.4 Å². The van der Waals surface area contributed by atoms with Gasteiger partial charge in [-0.25, -0.2) is 9.13 Å². The van der Waals surface area contributed by atoms with Crippen molar-refractivity contribution in [3.05, 3.63) is 0 Å². The van der Waals surface area contributed by atoms with Gasteiger partial charge in [-0.15, -0.1) is 0 Å². The van der Waals surface area contributed by atoms with Crippen molar-refractivity contribution in [2.75, 3.05) is 39.6 Å². The molecule has 4 unspecified atom stereocenters. The molecule has 0 amide bonds. The molecule has 0 aliphatic carbocycles. The molecular weight excluding hydrogens is 1290 g/mol. The summed E-state index contributed by atoms with van der Waals surface area (Å²) >= 11 is 0. The zero-order valence-corrected chi connectivity index (χ0v) is 66.6. The lowest BCUT2D eigenvalue weighted by Crippen LogP contribution is -2.30. The summed E-state index contributed by atoms with van der Waals surface area (Å²) in [6, 6.07) is 0. The number of esters is 4. The number of aliphatic hydroxyl groups excluding tert-OH is 1. The molecule has 0 bridgehead atoms. The first-order valence-corrected chi connectivity index (χ1v) is 44.6. The summed E-state index contributed by atoms with van der Waals surface area (Å²) in [4.78, 5) is 72.8. The van der Waals surface area contributed by atoms with Crippen LogP contribution >= 0.6 is 15.6 Å². The van der Waals surface area contributed by atoms with E-state index in [1.807, 2.05) is 0 Å². The topological polar surface area (TPSA) is 237 Å². The normalized spacial score (nSPS) is 14.5. The molecular formula is C80H156O17P2. The van der Waals surface area contributed by atoms with Crippen LogP contribution in [0.15, 0.2) is 0 Å². The number of ether oxygens (including phenoxy) is 4. The van der Waals surface area contributed by atoms with Gasteiger partial charge in [0.15, 0.2) is 12.2 Å². The predicted octanol–water partition coefficient (Wildman–Crippen LogP) is 23.9. The van der Waals surface area contributed by atoms with Crippen LogP contribution in [0.5, 0.6) is 0 Å². The predicted molar refractivity (Wildman–Crippen MR) is 405 cm³/mol. The zero-order valence-electron chi connectivity index (χ0n) is 64.8. The van der Waals surface area contributed by atoms with E-state index in [2.05, 4.69) is 41.5 Å². The van der Waals surface area contributed by atoms with Gasteiger partial charge >= 0.3 is 39.5 Å². The van der Waals surface area contributed by atoms with Crippen LogP contribution in [-0.4, -0.2) is 96.7 Å². The first kappa shape index (κ1) is 97.1. The molecule has 0 aromatic rings. The van der Waals surface area contributed by atoms with Gasteiger partial charge in [0, 0.05) is 25.7 Å². The third-order valence-electron chi connectivity index (χ3n) is 19.4. The van der Waals surface area contributed by atoms with E-state index in [9.17, 15) is 43.2 Å². The number of carbonyl (C=O) groups is 4. The van der Waals surface area contributed by atoms with Crippen molar-refractivity contribution in [3.63, 3.8) is 0 Å². The zero-order chi connectivity index (χ0) is 72.8. The van der Waals surface area contributed by atoms with E-state index in [1.165, 1.54) is 225 Å². The minimum atomic E-state index is -4.96. The standard InChI is InChI=1S/C80H156O17P2/c1-7-11-13-15-17-18-19-20-21-22-23-24-25-26-31-34-40-46-52-58-64-79(84)97-76(69-91-78(83)63-57-51-45-39-33-30-28-27-29-32-37-43-48-54-60-72(5)9-3)71-95-99(88,89)93-67-74(81)66-92-98(86,87)94-70-75(68-90-77(82)62-56-50-42-16-14-12-8-2)96-80(85)65-59-53-47-41-36-35-38-44-49-55-61-73(6)10-4/h72-76,81H,7-71H2,1-6H3,(H,86,87)(H,88,89)/t72?,73?,74-,75+,76+/m0/s1. The minimum absolute atomic E-state index is 0.106. The third-order valence-corrected chi connectivity index (χ3v) is 21.3. The molecule has 17 nitrogen and oxygen atoms in total. The number of aliphatic hydroxyl groups is 1. The van der Waals surface area contributed by atoms with Gasteiger partial charge in [-0.05, 0) is 37.5 Å². The summed E-state index contributed by atoms with van der Waals surface area (Å²) in [5.74, 6) is -0.462. The average molecular weight is 1450 g/mol. The van der Waals surface area contributed by atoms with Crippen molar-refractivity contribution in [1.29, 1.82) is 0 Å². The van der Waals surface area contributed by atoms with Gasteiger partial charge in [-0.2, -0.15) is 0 Å². The Morgan fingerprint density at radius 3 is 0.717 bits per heavy atom. The van der Waals surface area contributed by atoms with Gasteiger partial charge in [0.2, 0.25) is 0 Å². The fourth-order valence-corrected chi connectivity index (χ4v) is 13.9. The Hall–Kier alpha value is -1.94. The van der Waals surface area contributed by atoms with Crippen molar-refractivity contribution in [3.8, 4) is 0 Å². The van der Waals surface area contributed by atoms with Crippen LogP contribution in [0.25, 0.3) is 0 Å². The SMILES string of the molecule is CCCCCCCCCCCCCCCCCCCCCCC(=O)O[C@H](COC(=O)CCCCCCCCCCCCCCCCC(C)CC)COP(=O)(O)OC[C@@H](O)COP(=O)(O)OC[C@@H](COC(=O)CCCCCCCCC)OC(=O)CCCCCCCCCCCCC(C)CC. The minimum Gasteiger partial charge on any atom is -0.462 e. The lowest BCUT2D eigenvalue weighted by Gasteiger charge is -2.21. The molecule has 99 heavy (non-hydrogen) atoms. The molecule has 0 heterocycles. The molecule has 0 radical (unpaired) electrons. The van der Waals surface area contributed by atoms with Crippen LogP contribution in [0.2, 0.25) is 0 Å². The van der Waals surface area contributed by atoms with E-state index in [1.54, 1.807) is 0 Å². The highest BCUT2D eigenvalue weighted by atomic mass is 31.2. The number of hydrogen-bond donors (Lipinski definition) is 3. The molecule has 0 saturated carbocycles. The number of carbonyl (C=O) groups excluding carboxylic acids is 4. The van der Waals surface area contributed by atoms with Gasteiger partial charge in [0.1, 0.15) is 19.3 Å². The molecule has 0 rings (SSSR count). The Balaban J connectivity index is 5.19. The first-order valence-electron chi connectivity index (χ1n) is 41.6. The van der Waals surface area contributed by atoms with Crippen LogP contribution in [-0.2, 0) is 65.4 Å². The quantitative estimate of drug-likeness (QED) is 0.0222. The number of rotatable bonds is 79. The van der Waals surface area contributed by atoms with E-state index >= 15 is 0 Å². The Kier molecular flexibility index (Phi) is 70.3. The van der Waals surface area contributed by atoms with Crippen LogP contribution in [0.4, 0.5) is 0 Å². The summed E-state index contributed by atoms with van der Waals surface area (Å²) in [6.45, 7) is 9.66. The number of phosphoric acid groups is 2. The van der Waals surface area contributed by atoms with E-state index in [0.717, 1.165) is 115 Å². The van der Waals surface area contributed by atoms with Gasteiger partial charge in [0.25, 0.3) is 0 Å². The van der Waals surface area contributed by atoms with Crippen molar-refractivity contribution in [1.82, 2.24) is 0 Å². The Labute approximate surface area is 607 Å². The van der Waals surface area contributed by atoms with Crippen LogP contribution < -0.4 is 0 Å². The number of phosphoric ester groups is 2. The lowest BCUT2D eigenvalue weighted by atomic mass is 9.99. The monoisotopic (exact) mass is 1450 g/mol. The van der Waals surface area contributed by atoms with Crippen molar-refractivity contribution < 1.29 is 80.2 Å². The summed E-state index contributed by atoms with van der Waals surface area (Å²) in [7, 11) is -9.91. The molecule has 0 fully saturated rings. The number of hydrogen-bond acceptors (Lipinski definition) is 15. The van der Waals surface area contributed by atoms with Crippen molar-refractivity contribution in [2.24, 2.45) is 11.8 Å². The Morgan fingerprint density at radius 2 is 0.485 bits per heavy atom. The smallest absolute Gasteiger partial charge is 0.462 e. The maximum atomic E-state index is 13.1. The Morgan fingerprint density at radius 1 is 0.283 bits per heavy atom. The van der Waals surface area contributed by atoms with Crippen LogP contribution in [0.3, 0.4) is 0 Å². The molecule has 0 aliphatic rings. The average Bonchev–Trinajstić information content (AvgIpc) is 1.11. The lowest BCUT2D eigenvalue weighted by molar-refractivity contribution is -0.161. The fraction of sp³-hybridized carbons (Fsp3) is 0.950. The number of unbranched alkanes of at least 4 members (excludes halogenated alkanes) is 47. The van der Waals surface area contributed by atoms with Crippen molar-refractivity contribution in [2.45, 2.75) is 439 Å². The van der Waals surface area contributed by atoms with E-state index in [4.69, 9.17) is 37.0 Å². The summed E-state index contributed by atoms with van der Waals surface area (Å²) in [5.41, 5.74) is 0. The van der Waals surface area contributed by atoms with Gasteiger partial charge in [-0.3, -0.25) is 37.3 Å². The molecule has 0 spiro atoms. The van der Waals surface area contributed by atoms with Gasteiger partial charge < -0.3 is 33.8 Å². The summed E-state index contributed by atoms with van der Waals surface area (Å²) in [6.07, 6.45) is 61.1.